The third kappa shape index (κ3) is 3.74. The molecule has 26 heavy (non-hydrogen) atoms. The molecule has 1 aliphatic carbocycles. The van der Waals surface area contributed by atoms with Crippen molar-refractivity contribution in [2.75, 3.05) is 13.2 Å². The molecule has 8 heteroatoms. The van der Waals surface area contributed by atoms with E-state index in [1.165, 1.54) is 13.0 Å². The topological polar surface area (TPSA) is 113 Å². The molecule has 1 aromatic rings. The van der Waals surface area contributed by atoms with Crippen molar-refractivity contribution in [3.05, 3.63) is 39.9 Å². The van der Waals surface area contributed by atoms with Gasteiger partial charge in [0.1, 0.15) is 11.2 Å². The van der Waals surface area contributed by atoms with Crippen molar-refractivity contribution >= 4 is 17.7 Å². The van der Waals surface area contributed by atoms with Crippen LogP contribution in [-0.4, -0.2) is 35.8 Å². The summed E-state index contributed by atoms with van der Waals surface area (Å²) in [5, 5.41) is 11.3. The van der Waals surface area contributed by atoms with Crippen LogP contribution in [0.3, 0.4) is 0 Å². The molecule has 0 N–H and O–H groups in total. The maximum absolute atomic E-state index is 12.7. The largest absolute Gasteiger partial charge is 0.465 e. The lowest BCUT2D eigenvalue weighted by Gasteiger charge is -2.32. The van der Waals surface area contributed by atoms with Crippen LogP contribution in [0.5, 0.6) is 5.75 Å². The van der Waals surface area contributed by atoms with E-state index < -0.39 is 34.7 Å². The third-order valence-electron chi connectivity index (χ3n) is 4.59. The van der Waals surface area contributed by atoms with Crippen LogP contribution < -0.4 is 4.74 Å². The molecule has 0 heterocycles. The molecule has 8 nitrogen and oxygen atoms in total. The summed E-state index contributed by atoms with van der Waals surface area (Å²) in [5.74, 6) is -2.70. The number of hydrogen-bond donors (Lipinski definition) is 0. The fourth-order valence-electron chi connectivity index (χ4n) is 3.56. The van der Waals surface area contributed by atoms with Crippen molar-refractivity contribution in [1.29, 1.82) is 0 Å². The second-order valence-electron chi connectivity index (χ2n) is 6.17. The molecule has 0 unspecified atom stereocenters. The molecule has 0 saturated heterocycles. The highest BCUT2D eigenvalue weighted by molar-refractivity contribution is 6.06. The predicted octanol–water partition coefficient (Wildman–Crippen LogP) is 2.27. The minimum atomic E-state index is -1.64. The molecular weight excluding hydrogens is 342 g/mol. The molecule has 0 amide bonds. The molecule has 1 fully saturated rings. The molecule has 0 aliphatic heterocycles. The fourth-order valence-corrected chi connectivity index (χ4v) is 3.56. The zero-order valence-electron chi connectivity index (χ0n) is 14.7. The maximum Gasteiger partial charge on any atom is 0.320 e. The Hall–Kier alpha value is -2.77. The first-order valence-corrected chi connectivity index (χ1v) is 8.42. The Bertz CT molecular complexity index is 730. The quantitative estimate of drug-likeness (QED) is 0.240. The molecular formula is C18H21NO7. The molecule has 0 bridgehead atoms. The number of esters is 2. The maximum atomic E-state index is 12.7. The van der Waals surface area contributed by atoms with E-state index in [1.807, 2.05) is 0 Å². The number of ether oxygens (including phenoxy) is 2. The minimum absolute atomic E-state index is 0.0602. The smallest absolute Gasteiger partial charge is 0.320 e. The van der Waals surface area contributed by atoms with Gasteiger partial charge in [0.05, 0.1) is 12.5 Å². The van der Waals surface area contributed by atoms with Crippen LogP contribution in [-0.2, 0) is 19.1 Å². The molecule has 140 valence electrons. The Labute approximate surface area is 150 Å². The van der Waals surface area contributed by atoms with Crippen LogP contribution in [0.2, 0.25) is 0 Å². The number of Topliss-reactive ketones (excluding diaryl/α,β-unsaturated/α-hetero) is 1. The summed E-state index contributed by atoms with van der Waals surface area (Å²) >= 11 is 0. The number of nitrogens with zero attached hydrogens (tertiary/aromatic N) is 1. The van der Waals surface area contributed by atoms with E-state index >= 15 is 0 Å². The average Bonchev–Trinajstić information content (AvgIpc) is 2.95. The lowest BCUT2D eigenvalue weighted by atomic mass is 9.69. The van der Waals surface area contributed by atoms with E-state index in [0.717, 1.165) is 0 Å². The first-order chi connectivity index (χ1) is 12.3. The predicted molar refractivity (Wildman–Crippen MR) is 90.3 cm³/mol. The summed E-state index contributed by atoms with van der Waals surface area (Å²) in [6.45, 7) is 2.23. The van der Waals surface area contributed by atoms with Crippen LogP contribution >= 0.6 is 0 Å². The first kappa shape index (κ1) is 19.6. The molecule has 1 aliphatic rings. The fraction of sp³-hybridized carbons (Fsp3) is 0.500. The van der Waals surface area contributed by atoms with Crippen molar-refractivity contribution in [1.82, 2.24) is 0 Å². The molecule has 0 spiro atoms. The highest BCUT2D eigenvalue weighted by Crippen LogP contribution is 2.49. The van der Waals surface area contributed by atoms with E-state index in [2.05, 4.69) is 0 Å². The van der Waals surface area contributed by atoms with Gasteiger partial charge >= 0.3 is 11.9 Å². The van der Waals surface area contributed by atoms with E-state index in [1.54, 1.807) is 25.1 Å². The van der Waals surface area contributed by atoms with E-state index in [4.69, 9.17) is 9.47 Å². The zero-order valence-corrected chi connectivity index (χ0v) is 14.7. The number of para-hydroxylation sites is 1. The normalized spacial score (nSPS) is 20.5. The Morgan fingerprint density at radius 2 is 2.04 bits per heavy atom. The standard InChI is InChI=1S/C18H21NO7/c1-3-25-17(22)18(10-6-9-16(18)21)14(11-19(23)24)13-7-4-5-8-15(13)26-12(2)20/h4-5,7-8,14H,3,6,9-11H2,1-2H3/t14-,18+/m0/s1. The van der Waals surface area contributed by atoms with Gasteiger partial charge in [-0.3, -0.25) is 24.5 Å². The Balaban J connectivity index is 2.62. The highest BCUT2D eigenvalue weighted by Gasteiger charge is 2.58. The van der Waals surface area contributed by atoms with E-state index in [0.29, 0.717) is 6.42 Å². The van der Waals surface area contributed by atoms with Gasteiger partial charge in [0.15, 0.2) is 5.78 Å². The van der Waals surface area contributed by atoms with Gasteiger partial charge in [-0.1, -0.05) is 18.2 Å². The van der Waals surface area contributed by atoms with Gasteiger partial charge in [-0.25, -0.2) is 0 Å². The second kappa shape index (κ2) is 8.07. The second-order valence-corrected chi connectivity index (χ2v) is 6.17. The number of rotatable bonds is 7. The number of benzene rings is 1. The van der Waals surface area contributed by atoms with Gasteiger partial charge in [-0.05, 0) is 25.8 Å². The average molecular weight is 363 g/mol. The van der Waals surface area contributed by atoms with Gasteiger partial charge in [-0.2, -0.15) is 0 Å². The summed E-state index contributed by atoms with van der Waals surface area (Å²) in [4.78, 5) is 47.6. The Morgan fingerprint density at radius 1 is 1.35 bits per heavy atom. The Morgan fingerprint density at radius 3 is 2.58 bits per heavy atom. The van der Waals surface area contributed by atoms with Crippen LogP contribution in [0.25, 0.3) is 0 Å². The molecule has 2 rings (SSSR count). The zero-order chi connectivity index (χ0) is 19.3. The van der Waals surface area contributed by atoms with Crippen LogP contribution in [0.1, 0.15) is 44.6 Å². The summed E-state index contributed by atoms with van der Waals surface area (Å²) in [6, 6.07) is 6.26. The monoisotopic (exact) mass is 363 g/mol. The van der Waals surface area contributed by atoms with Crippen molar-refractivity contribution in [2.24, 2.45) is 5.41 Å². The van der Waals surface area contributed by atoms with E-state index in [9.17, 15) is 24.5 Å². The van der Waals surface area contributed by atoms with Gasteiger partial charge in [0.25, 0.3) is 0 Å². The number of carbonyl (C=O) groups excluding carboxylic acids is 3. The number of carbonyl (C=O) groups is 3. The van der Waals surface area contributed by atoms with Gasteiger partial charge in [-0.15, -0.1) is 0 Å². The van der Waals surface area contributed by atoms with Gasteiger partial charge in [0.2, 0.25) is 6.54 Å². The lowest BCUT2D eigenvalue weighted by Crippen LogP contribution is -2.45. The summed E-state index contributed by atoms with van der Waals surface area (Å²) in [5.41, 5.74) is -1.36. The van der Waals surface area contributed by atoms with E-state index in [-0.39, 0.29) is 36.5 Å². The Kier molecular flexibility index (Phi) is 6.07. The summed E-state index contributed by atoms with van der Waals surface area (Å²) < 4.78 is 10.3. The van der Waals surface area contributed by atoms with Crippen LogP contribution in [0, 0.1) is 15.5 Å². The van der Waals surface area contributed by atoms with Crippen molar-refractivity contribution in [3.8, 4) is 5.75 Å². The molecule has 0 radical (unpaired) electrons. The summed E-state index contributed by atoms with van der Waals surface area (Å²) in [7, 11) is 0. The van der Waals surface area contributed by atoms with Crippen LogP contribution in [0.15, 0.2) is 24.3 Å². The SMILES string of the molecule is CCOC(=O)[C@@]1([C@@H](C[N+](=O)[O-])c2ccccc2OC(C)=O)CCCC1=O. The molecule has 1 saturated carbocycles. The highest BCUT2D eigenvalue weighted by atomic mass is 16.6. The molecule has 2 atom stereocenters. The number of ketones is 1. The van der Waals surface area contributed by atoms with Crippen molar-refractivity contribution < 1.29 is 28.8 Å². The molecule has 0 aromatic heterocycles. The third-order valence-corrected chi connectivity index (χ3v) is 4.59. The first-order valence-electron chi connectivity index (χ1n) is 8.42. The van der Waals surface area contributed by atoms with Gasteiger partial charge in [0, 0.05) is 23.8 Å². The van der Waals surface area contributed by atoms with Crippen molar-refractivity contribution in [2.45, 2.75) is 39.0 Å². The number of nitro groups is 1. The lowest BCUT2D eigenvalue weighted by molar-refractivity contribution is -0.485. The number of hydrogen-bond acceptors (Lipinski definition) is 7. The molecule has 1 aromatic carbocycles. The van der Waals surface area contributed by atoms with Gasteiger partial charge < -0.3 is 9.47 Å². The minimum Gasteiger partial charge on any atom is -0.465 e. The van der Waals surface area contributed by atoms with Crippen LogP contribution in [0.4, 0.5) is 0 Å². The van der Waals surface area contributed by atoms with Crippen molar-refractivity contribution in [3.63, 3.8) is 0 Å². The summed E-state index contributed by atoms with van der Waals surface area (Å²) in [6.07, 6.45) is 0.766.